The van der Waals surface area contributed by atoms with Gasteiger partial charge in [0.2, 0.25) is 0 Å². The number of hydrogen-bond acceptors (Lipinski definition) is 4. The number of rotatable bonds is 2. The summed E-state index contributed by atoms with van der Waals surface area (Å²) in [5.41, 5.74) is 5.17. The highest BCUT2D eigenvalue weighted by molar-refractivity contribution is 5.68. The van der Waals surface area contributed by atoms with Crippen molar-refractivity contribution < 1.29 is 14.3 Å². The minimum absolute atomic E-state index is 0.0337. The summed E-state index contributed by atoms with van der Waals surface area (Å²) in [4.78, 5) is 11.6. The van der Waals surface area contributed by atoms with Crippen LogP contribution in [0.2, 0.25) is 0 Å². The SMILES string of the molecule is CC(C)(C)OC(=O)NC1COCCC1CN. The van der Waals surface area contributed by atoms with Gasteiger partial charge in [0.25, 0.3) is 0 Å². The molecule has 0 aromatic heterocycles. The van der Waals surface area contributed by atoms with Crippen LogP contribution in [0.3, 0.4) is 0 Å². The Balaban J connectivity index is 2.42. The first-order valence-electron chi connectivity index (χ1n) is 5.69. The molecule has 0 spiro atoms. The van der Waals surface area contributed by atoms with Gasteiger partial charge in [-0.1, -0.05) is 0 Å². The molecule has 5 nitrogen and oxygen atoms in total. The highest BCUT2D eigenvalue weighted by atomic mass is 16.6. The van der Waals surface area contributed by atoms with Gasteiger partial charge in [0, 0.05) is 6.61 Å². The molecule has 1 rings (SSSR count). The predicted octanol–water partition coefficient (Wildman–Crippen LogP) is 0.875. The van der Waals surface area contributed by atoms with Gasteiger partial charge >= 0.3 is 6.09 Å². The van der Waals surface area contributed by atoms with Gasteiger partial charge in [0.1, 0.15) is 5.60 Å². The van der Waals surface area contributed by atoms with Gasteiger partial charge < -0.3 is 20.5 Å². The topological polar surface area (TPSA) is 73.6 Å². The lowest BCUT2D eigenvalue weighted by molar-refractivity contribution is 0.0191. The van der Waals surface area contributed by atoms with Crippen LogP contribution < -0.4 is 11.1 Å². The van der Waals surface area contributed by atoms with Crippen LogP contribution in [0.15, 0.2) is 0 Å². The normalized spacial score (nSPS) is 26.2. The van der Waals surface area contributed by atoms with E-state index in [0.29, 0.717) is 19.8 Å². The molecule has 0 aromatic rings. The molecule has 0 radical (unpaired) electrons. The Morgan fingerprint density at radius 2 is 2.25 bits per heavy atom. The molecule has 1 heterocycles. The summed E-state index contributed by atoms with van der Waals surface area (Å²) in [5, 5.41) is 2.81. The van der Waals surface area contributed by atoms with E-state index in [9.17, 15) is 4.79 Å². The number of ether oxygens (including phenoxy) is 2. The number of carbonyl (C=O) groups is 1. The van der Waals surface area contributed by atoms with Gasteiger partial charge in [-0.15, -0.1) is 0 Å². The fourth-order valence-electron chi connectivity index (χ4n) is 1.68. The van der Waals surface area contributed by atoms with E-state index in [1.807, 2.05) is 20.8 Å². The highest BCUT2D eigenvalue weighted by Crippen LogP contribution is 2.15. The molecule has 94 valence electrons. The Bertz CT molecular complexity index is 238. The van der Waals surface area contributed by atoms with Gasteiger partial charge in [0.15, 0.2) is 0 Å². The van der Waals surface area contributed by atoms with Gasteiger partial charge in [0.05, 0.1) is 12.6 Å². The number of nitrogens with one attached hydrogen (secondary N) is 1. The van der Waals surface area contributed by atoms with E-state index in [-0.39, 0.29) is 12.0 Å². The molecule has 0 bridgehead atoms. The first-order valence-corrected chi connectivity index (χ1v) is 5.69. The lowest BCUT2D eigenvalue weighted by atomic mass is 9.95. The smallest absolute Gasteiger partial charge is 0.407 e. The van der Waals surface area contributed by atoms with Crippen molar-refractivity contribution in [1.82, 2.24) is 5.32 Å². The number of nitrogens with two attached hydrogens (primary N) is 1. The monoisotopic (exact) mass is 230 g/mol. The van der Waals surface area contributed by atoms with Gasteiger partial charge in [-0.2, -0.15) is 0 Å². The van der Waals surface area contributed by atoms with Crippen LogP contribution in [0.5, 0.6) is 0 Å². The molecule has 1 aliphatic rings. The van der Waals surface area contributed by atoms with Crippen LogP contribution in [0.25, 0.3) is 0 Å². The molecular weight excluding hydrogens is 208 g/mol. The quantitative estimate of drug-likeness (QED) is 0.738. The third kappa shape index (κ3) is 4.37. The Morgan fingerprint density at radius 1 is 1.56 bits per heavy atom. The predicted molar refractivity (Wildman–Crippen MR) is 61.1 cm³/mol. The van der Waals surface area contributed by atoms with E-state index in [1.54, 1.807) is 0 Å². The van der Waals surface area contributed by atoms with Gasteiger partial charge in [-0.05, 0) is 39.7 Å². The Labute approximate surface area is 96.7 Å². The zero-order valence-electron chi connectivity index (χ0n) is 10.3. The van der Waals surface area contributed by atoms with E-state index in [2.05, 4.69) is 5.32 Å². The fraction of sp³-hybridized carbons (Fsp3) is 0.909. The van der Waals surface area contributed by atoms with E-state index >= 15 is 0 Å². The van der Waals surface area contributed by atoms with Crippen molar-refractivity contribution in [3.8, 4) is 0 Å². The second kappa shape index (κ2) is 5.50. The third-order valence-corrected chi connectivity index (χ3v) is 2.50. The van der Waals surface area contributed by atoms with Crippen molar-refractivity contribution in [2.45, 2.75) is 38.8 Å². The van der Waals surface area contributed by atoms with Gasteiger partial charge in [-0.3, -0.25) is 0 Å². The summed E-state index contributed by atoms with van der Waals surface area (Å²) in [7, 11) is 0. The summed E-state index contributed by atoms with van der Waals surface area (Å²) in [5.74, 6) is 0.279. The molecule has 16 heavy (non-hydrogen) atoms. The number of alkyl carbamates (subject to hydrolysis) is 1. The summed E-state index contributed by atoms with van der Waals surface area (Å²) < 4.78 is 10.5. The van der Waals surface area contributed by atoms with Crippen LogP contribution in [-0.2, 0) is 9.47 Å². The lowest BCUT2D eigenvalue weighted by Crippen LogP contribution is -2.50. The number of carbonyl (C=O) groups excluding carboxylic acids is 1. The van der Waals surface area contributed by atoms with Crippen molar-refractivity contribution in [2.24, 2.45) is 11.7 Å². The summed E-state index contributed by atoms with van der Waals surface area (Å²) in [6.45, 7) is 7.30. The standard InChI is InChI=1S/C11H22N2O3/c1-11(2,3)16-10(14)13-9-7-15-5-4-8(9)6-12/h8-9H,4-7,12H2,1-3H3,(H,13,14). The molecule has 5 heteroatoms. The minimum atomic E-state index is -0.474. The Hall–Kier alpha value is -0.810. The van der Waals surface area contributed by atoms with Crippen molar-refractivity contribution in [1.29, 1.82) is 0 Å². The molecule has 3 N–H and O–H groups in total. The molecule has 1 saturated heterocycles. The highest BCUT2D eigenvalue weighted by Gasteiger charge is 2.27. The maximum absolute atomic E-state index is 11.6. The first-order chi connectivity index (χ1) is 7.42. The molecular formula is C11H22N2O3. The average Bonchev–Trinajstić information content (AvgIpc) is 2.15. The molecule has 1 aliphatic heterocycles. The zero-order chi connectivity index (χ0) is 12.2. The lowest BCUT2D eigenvalue weighted by Gasteiger charge is -2.32. The fourth-order valence-corrected chi connectivity index (χ4v) is 1.68. The van der Waals surface area contributed by atoms with Crippen molar-refractivity contribution in [2.75, 3.05) is 19.8 Å². The molecule has 2 unspecified atom stereocenters. The number of amides is 1. The van der Waals surface area contributed by atoms with Crippen molar-refractivity contribution in [3.63, 3.8) is 0 Å². The largest absolute Gasteiger partial charge is 0.444 e. The van der Waals surface area contributed by atoms with E-state index in [1.165, 1.54) is 0 Å². The van der Waals surface area contributed by atoms with Crippen molar-refractivity contribution >= 4 is 6.09 Å². The van der Waals surface area contributed by atoms with Gasteiger partial charge in [-0.25, -0.2) is 4.79 Å². The first kappa shape index (κ1) is 13.3. The Morgan fingerprint density at radius 3 is 2.81 bits per heavy atom. The average molecular weight is 230 g/mol. The number of hydrogen-bond donors (Lipinski definition) is 2. The second-order valence-corrected chi connectivity index (χ2v) is 5.11. The summed E-state index contributed by atoms with van der Waals surface area (Å²) >= 11 is 0. The molecule has 0 aliphatic carbocycles. The van der Waals surface area contributed by atoms with Crippen LogP contribution in [0, 0.1) is 5.92 Å². The molecule has 0 saturated carbocycles. The second-order valence-electron chi connectivity index (χ2n) is 5.11. The summed E-state index contributed by atoms with van der Waals surface area (Å²) in [6.07, 6.45) is 0.484. The van der Waals surface area contributed by atoms with E-state index in [0.717, 1.165) is 6.42 Å². The van der Waals surface area contributed by atoms with Crippen LogP contribution in [0.1, 0.15) is 27.2 Å². The molecule has 0 aromatic carbocycles. The van der Waals surface area contributed by atoms with Crippen molar-refractivity contribution in [3.05, 3.63) is 0 Å². The minimum Gasteiger partial charge on any atom is -0.444 e. The third-order valence-electron chi connectivity index (χ3n) is 2.50. The van der Waals surface area contributed by atoms with E-state index < -0.39 is 11.7 Å². The van der Waals surface area contributed by atoms with Crippen LogP contribution in [0.4, 0.5) is 4.79 Å². The van der Waals surface area contributed by atoms with Crippen LogP contribution >= 0.6 is 0 Å². The maximum atomic E-state index is 11.6. The summed E-state index contributed by atoms with van der Waals surface area (Å²) in [6, 6.07) is -0.0337. The molecule has 1 fully saturated rings. The van der Waals surface area contributed by atoms with Crippen LogP contribution in [-0.4, -0.2) is 37.5 Å². The zero-order valence-corrected chi connectivity index (χ0v) is 10.3. The maximum Gasteiger partial charge on any atom is 0.407 e. The Kier molecular flexibility index (Phi) is 4.56. The molecule has 2 atom stereocenters. The molecule has 1 amide bonds. The van der Waals surface area contributed by atoms with E-state index in [4.69, 9.17) is 15.2 Å².